The molecular formula is C21H30N6O2. The summed E-state index contributed by atoms with van der Waals surface area (Å²) in [5, 5.41) is 8.16. The largest absolute Gasteiger partial charge is 0.355 e. The number of rotatable bonds is 6. The third-order valence-electron chi connectivity index (χ3n) is 5.70. The summed E-state index contributed by atoms with van der Waals surface area (Å²) in [6.07, 6.45) is 4.05. The lowest BCUT2D eigenvalue weighted by Crippen LogP contribution is -2.51. The normalized spacial score (nSPS) is 17.9. The summed E-state index contributed by atoms with van der Waals surface area (Å²) >= 11 is 0. The van der Waals surface area contributed by atoms with Crippen molar-refractivity contribution in [3.63, 3.8) is 0 Å². The van der Waals surface area contributed by atoms with E-state index in [4.69, 9.17) is 4.98 Å². The first-order valence-electron chi connectivity index (χ1n) is 10.6. The van der Waals surface area contributed by atoms with Crippen LogP contribution in [0.1, 0.15) is 61.6 Å². The molecule has 156 valence electrons. The Balaban J connectivity index is 1.54. The van der Waals surface area contributed by atoms with E-state index in [-0.39, 0.29) is 17.9 Å². The molecule has 1 saturated carbocycles. The van der Waals surface area contributed by atoms with E-state index in [2.05, 4.69) is 29.2 Å². The Hall–Kier alpha value is -2.48. The molecule has 4 rings (SSSR count). The van der Waals surface area contributed by atoms with Crippen molar-refractivity contribution < 1.29 is 9.59 Å². The second-order valence-corrected chi connectivity index (χ2v) is 8.31. The minimum absolute atomic E-state index is 0.0401. The molecule has 3 heterocycles. The van der Waals surface area contributed by atoms with Crippen LogP contribution in [0.3, 0.4) is 0 Å². The van der Waals surface area contributed by atoms with Crippen LogP contribution < -0.4 is 5.32 Å². The predicted octanol–water partition coefficient (Wildman–Crippen LogP) is 1.78. The average molecular weight is 399 g/mol. The summed E-state index contributed by atoms with van der Waals surface area (Å²) < 4.78 is 1.91. The van der Waals surface area contributed by atoms with Gasteiger partial charge in [-0.05, 0) is 39.7 Å². The third kappa shape index (κ3) is 4.12. The maximum atomic E-state index is 13.4. The lowest BCUT2D eigenvalue weighted by Gasteiger charge is -2.34. The van der Waals surface area contributed by atoms with Gasteiger partial charge in [-0.15, -0.1) is 0 Å². The van der Waals surface area contributed by atoms with Gasteiger partial charge in [0.1, 0.15) is 0 Å². The van der Waals surface area contributed by atoms with Crippen LogP contribution in [-0.2, 0) is 4.79 Å². The Morgan fingerprint density at radius 3 is 2.55 bits per heavy atom. The van der Waals surface area contributed by atoms with Gasteiger partial charge in [0.15, 0.2) is 5.65 Å². The molecule has 8 heteroatoms. The molecule has 29 heavy (non-hydrogen) atoms. The molecule has 0 aromatic carbocycles. The number of hydrogen-bond acceptors (Lipinski definition) is 5. The highest BCUT2D eigenvalue weighted by Crippen LogP contribution is 2.40. The number of carbonyl (C=O) groups excluding carboxylic acids is 2. The fourth-order valence-electron chi connectivity index (χ4n) is 3.92. The van der Waals surface area contributed by atoms with Crippen molar-refractivity contribution in [1.82, 2.24) is 29.9 Å². The molecule has 1 saturated heterocycles. The Kier molecular flexibility index (Phi) is 5.54. The second-order valence-electron chi connectivity index (χ2n) is 8.31. The van der Waals surface area contributed by atoms with Gasteiger partial charge in [-0.3, -0.25) is 14.5 Å². The van der Waals surface area contributed by atoms with Crippen molar-refractivity contribution >= 4 is 22.8 Å². The molecule has 2 fully saturated rings. The van der Waals surface area contributed by atoms with E-state index in [0.717, 1.165) is 29.6 Å². The SMILES string of the molecule is CCNC(=O)CN1CCN(C(=O)c2cc(C3CC3)nc3c2cnn3C(C)C)CC1. The van der Waals surface area contributed by atoms with Crippen LogP contribution in [0.4, 0.5) is 0 Å². The van der Waals surface area contributed by atoms with E-state index >= 15 is 0 Å². The van der Waals surface area contributed by atoms with E-state index < -0.39 is 0 Å². The number of nitrogens with one attached hydrogen (secondary N) is 1. The number of fused-ring (bicyclic) bond motifs is 1. The minimum Gasteiger partial charge on any atom is -0.355 e. The Bertz CT molecular complexity index is 909. The van der Waals surface area contributed by atoms with Crippen LogP contribution in [0.15, 0.2) is 12.3 Å². The summed E-state index contributed by atoms with van der Waals surface area (Å²) in [7, 11) is 0. The highest BCUT2D eigenvalue weighted by molar-refractivity contribution is 6.05. The van der Waals surface area contributed by atoms with E-state index in [9.17, 15) is 9.59 Å². The van der Waals surface area contributed by atoms with Gasteiger partial charge in [-0.1, -0.05) is 0 Å². The summed E-state index contributed by atoms with van der Waals surface area (Å²) in [6.45, 7) is 9.76. The Labute approximate surface area is 171 Å². The topological polar surface area (TPSA) is 83.4 Å². The summed E-state index contributed by atoms with van der Waals surface area (Å²) in [5.74, 6) is 0.550. The lowest BCUT2D eigenvalue weighted by atomic mass is 10.1. The molecule has 1 N–H and O–H groups in total. The monoisotopic (exact) mass is 398 g/mol. The third-order valence-corrected chi connectivity index (χ3v) is 5.70. The molecule has 0 bridgehead atoms. The molecular weight excluding hydrogens is 368 g/mol. The van der Waals surface area contributed by atoms with Gasteiger partial charge < -0.3 is 10.2 Å². The molecule has 0 unspecified atom stereocenters. The molecule has 1 aliphatic carbocycles. The van der Waals surface area contributed by atoms with Crippen molar-refractivity contribution in [3.8, 4) is 0 Å². The number of likely N-dealkylation sites (N-methyl/N-ethyl adjacent to an activating group) is 1. The van der Waals surface area contributed by atoms with Crippen LogP contribution in [0.25, 0.3) is 11.0 Å². The van der Waals surface area contributed by atoms with Crippen molar-refractivity contribution in [2.24, 2.45) is 0 Å². The van der Waals surface area contributed by atoms with Gasteiger partial charge in [0, 0.05) is 50.4 Å². The van der Waals surface area contributed by atoms with Crippen molar-refractivity contribution in [3.05, 3.63) is 23.5 Å². The standard InChI is InChI=1S/C21H30N6O2/c1-4-22-19(28)13-25-7-9-26(10-8-25)21(29)16-11-18(15-5-6-15)24-20-17(16)12-23-27(20)14(2)3/h11-12,14-15H,4-10,13H2,1-3H3,(H,22,28). The van der Waals surface area contributed by atoms with E-state index in [1.165, 1.54) is 0 Å². The fourth-order valence-corrected chi connectivity index (χ4v) is 3.92. The van der Waals surface area contributed by atoms with Gasteiger partial charge in [0.05, 0.1) is 23.7 Å². The van der Waals surface area contributed by atoms with E-state index in [1.807, 2.05) is 22.6 Å². The van der Waals surface area contributed by atoms with E-state index in [0.29, 0.717) is 50.7 Å². The number of pyridine rings is 1. The van der Waals surface area contributed by atoms with Gasteiger partial charge in [0.2, 0.25) is 5.91 Å². The summed E-state index contributed by atoms with van der Waals surface area (Å²) in [4.78, 5) is 34.0. The fraction of sp³-hybridized carbons (Fsp3) is 0.619. The zero-order valence-corrected chi connectivity index (χ0v) is 17.5. The molecule has 0 radical (unpaired) electrons. The number of hydrogen-bond donors (Lipinski definition) is 1. The van der Waals surface area contributed by atoms with E-state index in [1.54, 1.807) is 6.20 Å². The number of nitrogens with zero attached hydrogens (tertiary/aromatic N) is 5. The summed E-state index contributed by atoms with van der Waals surface area (Å²) in [6, 6.07) is 2.17. The second kappa shape index (κ2) is 8.10. The first-order valence-corrected chi connectivity index (χ1v) is 10.6. The first kappa shape index (κ1) is 19.8. The number of piperazine rings is 1. The maximum Gasteiger partial charge on any atom is 0.254 e. The van der Waals surface area contributed by atoms with Crippen LogP contribution in [0.2, 0.25) is 0 Å². The van der Waals surface area contributed by atoms with Crippen molar-refractivity contribution in [1.29, 1.82) is 0 Å². The van der Waals surface area contributed by atoms with Gasteiger partial charge in [-0.2, -0.15) is 5.10 Å². The molecule has 2 aromatic rings. The van der Waals surface area contributed by atoms with Gasteiger partial charge in [-0.25, -0.2) is 9.67 Å². The minimum atomic E-state index is 0.0401. The highest BCUT2D eigenvalue weighted by Gasteiger charge is 2.30. The smallest absolute Gasteiger partial charge is 0.254 e. The number of amides is 2. The molecule has 2 aliphatic rings. The molecule has 0 atom stereocenters. The zero-order valence-electron chi connectivity index (χ0n) is 17.5. The van der Waals surface area contributed by atoms with Gasteiger partial charge >= 0.3 is 0 Å². The quantitative estimate of drug-likeness (QED) is 0.802. The van der Waals surface area contributed by atoms with Crippen LogP contribution in [-0.4, -0.2) is 75.6 Å². The predicted molar refractivity (Wildman–Crippen MR) is 111 cm³/mol. The van der Waals surface area contributed by atoms with Crippen LogP contribution in [0, 0.1) is 0 Å². The van der Waals surface area contributed by atoms with Crippen LogP contribution in [0.5, 0.6) is 0 Å². The average Bonchev–Trinajstić information content (AvgIpc) is 3.46. The van der Waals surface area contributed by atoms with Crippen molar-refractivity contribution in [2.75, 3.05) is 39.3 Å². The molecule has 2 amide bonds. The molecule has 2 aromatic heterocycles. The lowest BCUT2D eigenvalue weighted by molar-refractivity contribution is -0.122. The Morgan fingerprint density at radius 2 is 1.93 bits per heavy atom. The van der Waals surface area contributed by atoms with Gasteiger partial charge in [0.25, 0.3) is 5.91 Å². The van der Waals surface area contributed by atoms with Crippen LogP contribution >= 0.6 is 0 Å². The molecule has 8 nitrogen and oxygen atoms in total. The molecule has 1 aliphatic heterocycles. The zero-order chi connectivity index (χ0) is 20.5. The highest BCUT2D eigenvalue weighted by atomic mass is 16.2. The Morgan fingerprint density at radius 1 is 1.21 bits per heavy atom. The summed E-state index contributed by atoms with van der Waals surface area (Å²) in [5.41, 5.74) is 2.53. The maximum absolute atomic E-state index is 13.4. The first-order chi connectivity index (χ1) is 14.0. The number of aromatic nitrogens is 3. The molecule has 0 spiro atoms. The number of carbonyl (C=O) groups is 2. The van der Waals surface area contributed by atoms with Crippen molar-refractivity contribution in [2.45, 2.75) is 45.6 Å².